The fourth-order valence-corrected chi connectivity index (χ4v) is 7.10. The maximum Gasteiger partial charge on any atom is 0.310 e. The van der Waals surface area contributed by atoms with Gasteiger partial charge in [0.05, 0.1) is 30.5 Å². The summed E-state index contributed by atoms with van der Waals surface area (Å²) in [7, 11) is 1.46. The van der Waals surface area contributed by atoms with Crippen molar-refractivity contribution < 1.29 is 37.7 Å². The molecule has 0 unspecified atom stereocenters. The van der Waals surface area contributed by atoms with Gasteiger partial charge in [0.1, 0.15) is 23.7 Å². The number of methoxy groups -OCH3 is 1. The zero-order valence-corrected chi connectivity index (χ0v) is 25.7. The van der Waals surface area contributed by atoms with Gasteiger partial charge in [-0.2, -0.15) is 0 Å². The van der Waals surface area contributed by atoms with Crippen molar-refractivity contribution in [2.45, 2.75) is 77.5 Å². The minimum Gasteiger partial charge on any atom is -0.487 e. The van der Waals surface area contributed by atoms with Gasteiger partial charge >= 0.3 is 5.97 Å². The molecule has 0 bridgehead atoms. The van der Waals surface area contributed by atoms with E-state index in [0.29, 0.717) is 55.0 Å². The molecule has 11 nitrogen and oxygen atoms in total. The fraction of sp³-hybridized carbons (Fsp3) is 0.633. The van der Waals surface area contributed by atoms with Crippen LogP contribution in [0.2, 0.25) is 5.02 Å². The Morgan fingerprint density at radius 3 is 2.68 bits per heavy atom. The molecule has 44 heavy (non-hydrogen) atoms. The van der Waals surface area contributed by atoms with Gasteiger partial charge in [0.2, 0.25) is 11.8 Å². The second-order valence-corrected chi connectivity index (χ2v) is 12.3. The molecule has 3 aliphatic rings. The molecule has 240 valence electrons. The van der Waals surface area contributed by atoms with Crippen LogP contribution in [-0.2, 0) is 38.7 Å². The van der Waals surface area contributed by atoms with Crippen molar-refractivity contribution >= 4 is 29.4 Å². The molecule has 14 heteroatoms. The van der Waals surface area contributed by atoms with Crippen molar-refractivity contribution in [1.82, 2.24) is 24.8 Å². The predicted octanol–water partition coefficient (Wildman–Crippen LogP) is 4.42. The maximum absolute atomic E-state index is 14.3. The molecule has 2 aliphatic heterocycles. The van der Waals surface area contributed by atoms with Crippen LogP contribution in [0.4, 0.5) is 8.78 Å². The van der Waals surface area contributed by atoms with Crippen molar-refractivity contribution in [3.8, 4) is 5.75 Å². The molecule has 1 saturated carbocycles. The lowest BCUT2D eigenvalue weighted by Crippen LogP contribution is -2.52. The highest BCUT2D eigenvalue weighted by molar-refractivity contribution is 6.31. The SMILES string of the molecule is COCCn1nnc(COc2ccc(Cl)c3c2[C@@H](CN2CCCC2=O)N(C(=O)[C@@H]2CCCC[C@]2(C)C(=O)O)CC3)c1C(F)F. The number of ether oxygens (including phenoxy) is 2. The van der Waals surface area contributed by atoms with Gasteiger partial charge in [-0.1, -0.05) is 29.7 Å². The van der Waals surface area contributed by atoms with Gasteiger partial charge in [-0.05, 0) is 50.3 Å². The second-order valence-electron chi connectivity index (χ2n) is 11.9. The Hall–Kier alpha value is -3.32. The number of carboxylic acid groups (broad SMARTS) is 1. The minimum absolute atomic E-state index is 0.0312. The first-order valence-electron chi connectivity index (χ1n) is 15.0. The number of nitrogens with zero attached hydrogens (tertiary/aromatic N) is 5. The zero-order chi connectivity index (χ0) is 31.6. The third-order valence-electron chi connectivity index (χ3n) is 9.34. The third kappa shape index (κ3) is 6.13. The van der Waals surface area contributed by atoms with E-state index in [0.717, 1.165) is 23.1 Å². The van der Waals surface area contributed by atoms with Crippen LogP contribution in [0.5, 0.6) is 5.75 Å². The van der Waals surface area contributed by atoms with Gasteiger partial charge in [-0.25, -0.2) is 13.5 Å². The second kappa shape index (κ2) is 13.4. The third-order valence-corrected chi connectivity index (χ3v) is 9.69. The van der Waals surface area contributed by atoms with Crippen molar-refractivity contribution in [3.05, 3.63) is 39.7 Å². The van der Waals surface area contributed by atoms with Crippen LogP contribution in [0.15, 0.2) is 12.1 Å². The molecule has 2 fully saturated rings. The first kappa shape index (κ1) is 32.1. The number of aromatic nitrogens is 3. The monoisotopic (exact) mass is 637 g/mol. The number of amides is 2. The lowest BCUT2D eigenvalue weighted by Gasteiger charge is -2.45. The first-order chi connectivity index (χ1) is 21.1. The van der Waals surface area contributed by atoms with E-state index in [1.165, 1.54) is 7.11 Å². The Morgan fingerprint density at radius 1 is 1.20 bits per heavy atom. The zero-order valence-electron chi connectivity index (χ0n) is 24.9. The van der Waals surface area contributed by atoms with Crippen LogP contribution in [-0.4, -0.2) is 81.0 Å². The number of alkyl halides is 2. The van der Waals surface area contributed by atoms with Gasteiger partial charge < -0.3 is 24.4 Å². The van der Waals surface area contributed by atoms with E-state index in [1.54, 1.807) is 28.9 Å². The van der Waals surface area contributed by atoms with E-state index in [1.807, 2.05) is 0 Å². The summed E-state index contributed by atoms with van der Waals surface area (Å²) < 4.78 is 40.3. The van der Waals surface area contributed by atoms with Crippen molar-refractivity contribution in [3.63, 3.8) is 0 Å². The van der Waals surface area contributed by atoms with Crippen LogP contribution in [0.3, 0.4) is 0 Å². The number of aliphatic carboxylic acids is 1. The molecule has 2 amide bonds. The normalized spacial score (nSPS) is 23.7. The topological polar surface area (TPSA) is 127 Å². The lowest BCUT2D eigenvalue weighted by atomic mass is 9.66. The summed E-state index contributed by atoms with van der Waals surface area (Å²) in [6.07, 6.45) is 0.961. The van der Waals surface area contributed by atoms with E-state index >= 15 is 0 Å². The maximum atomic E-state index is 14.3. The van der Waals surface area contributed by atoms with Crippen LogP contribution in [0.1, 0.15) is 80.4 Å². The molecule has 3 heterocycles. The first-order valence-corrected chi connectivity index (χ1v) is 15.4. The smallest absolute Gasteiger partial charge is 0.310 e. The van der Waals surface area contributed by atoms with E-state index < -0.39 is 29.8 Å². The summed E-state index contributed by atoms with van der Waals surface area (Å²) in [6, 6.07) is 2.62. The molecule has 0 radical (unpaired) electrons. The highest BCUT2D eigenvalue weighted by atomic mass is 35.5. The summed E-state index contributed by atoms with van der Waals surface area (Å²) in [4.78, 5) is 42.8. The van der Waals surface area contributed by atoms with Crippen molar-refractivity contribution in [1.29, 1.82) is 0 Å². The number of halogens is 3. The van der Waals surface area contributed by atoms with Gasteiger partial charge in [0.25, 0.3) is 6.43 Å². The molecule has 1 aromatic heterocycles. The molecule has 1 aromatic carbocycles. The highest BCUT2D eigenvalue weighted by Crippen LogP contribution is 2.46. The Morgan fingerprint density at radius 2 is 2.00 bits per heavy atom. The fourth-order valence-electron chi connectivity index (χ4n) is 6.84. The number of benzene rings is 1. The van der Waals surface area contributed by atoms with Gasteiger partial charge in [0.15, 0.2) is 0 Å². The molecule has 3 atom stereocenters. The molecule has 1 N–H and O–H groups in total. The summed E-state index contributed by atoms with van der Waals surface area (Å²) >= 11 is 6.67. The summed E-state index contributed by atoms with van der Waals surface area (Å²) in [6.45, 7) is 2.60. The number of fused-ring (bicyclic) bond motifs is 1. The molecule has 5 rings (SSSR count). The predicted molar refractivity (Wildman–Crippen MR) is 154 cm³/mol. The van der Waals surface area contributed by atoms with Gasteiger partial charge in [-0.15, -0.1) is 5.10 Å². The largest absolute Gasteiger partial charge is 0.487 e. The quantitative estimate of drug-likeness (QED) is 0.384. The van der Waals surface area contributed by atoms with E-state index in [-0.39, 0.29) is 56.1 Å². The van der Waals surface area contributed by atoms with E-state index in [9.17, 15) is 28.3 Å². The Labute approximate surface area is 259 Å². The number of rotatable bonds is 11. The average Bonchev–Trinajstić information content (AvgIpc) is 3.61. The Balaban J connectivity index is 1.51. The number of carbonyl (C=O) groups is 3. The van der Waals surface area contributed by atoms with E-state index in [2.05, 4.69) is 10.3 Å². The summed E-state index contributed by atoms with van der Waals surface area (Å²) in [5, 5.41) is 18.4. The molecule has 2 aromatic rings. The lowest BCUT2D eigenvalue weighted by molar-refractivity contribution is -0.162. The summed E-state index contributed by atoms with van der Waals surface area (Å²) in [5.74, 6) is -1.71. The standard InChI is InChI=1S/C30H38ClF2N5O6/c1-30(29(41)42)11-4-3-6-19(30)28(40)37-13-10-18-20(31)8-9-23(25(18)22(37)16-36-12-5-7-24(36)39)44-17-21-26(27(32)33)38(35-34-21)14-15-43-2/h8-9,19,22,27H,3-7,10-17H2,1-2H3,(H,41,42)/t19-,22+,30-/m0/s1. The van der Waals surface area contributed by atoms with Crippen LogP contribution in [0.25, 0.3) is 0 Å². The number of hydrogen-bond acceptors (Lipinski definition) is 7. The highest BCUT2D eigenvalue weighted by Gasteiger charge is 2.50. The summed E-state index contributed by atoms with van der Waals surface area (Å²) in [5.41, 5.74) is -0.278. The van der Waals surface area contributed by atoms with Crippen LogP contribution < -0.4 is 4.74 Å². The van der Waals surface area contributed by atoms with Gasteiger partial charge in [0, 0.05) is 43.8 Å². The Bertz CT molecular complexity index is 1410. The van der Waals surface area contributed by atoms with Crippen molar-refractivity contribution in [2.75, 3.05) is 33.4 Å². The molecular weight excluding hydrogens is 600 g/mol. The molecule has 1 aliphatic carbocycles. The average molecular weight is 638 g/mol. The van der Waals surface area contributed by atoms with E-state index in [4.69, 9.17) is 21.1 Å². The number of carboxylic acids is 1. The number of carbonyl (C=O) groups excluding carboxylic acids is 2. The number of hydrogen-bond donors (Lipinski definition) is 1. The minimum atomic E-state index is -2.85. The molecular formula is C30H38ClF2N5O6. The van der Waals surface area contributed by atoms with Crippen molar-refractivity contribution in [2.24, 2.45) is 11.3 Å². The van der Waals surface area contributed by atoms with Gasteiger partial charge in [-0.3, -0.25) is 14.4 Å². The number of likely N-dealkylation sites (tertiary alicyclic amines) is 1. The molecule has 1 saturated heterocycles. The Kier molecular flexibility index (Phi) is 9.74. The van der Waals surface area contributed by atoms with Crippen LogP contribution >= 0.6 is 11.6 Å². The molecule has 0 spiro atoms. The van der Waals surface area contributed by atoms with Crippen LogP contribution in [0, 0.1) is 11.3 Å².